The van der Waals surface area contributed by atoms with Crippen LogP contribution in [0.3, 0.4) is 0 Å². The summed E-state index contributed by atoms with van der Waals surface area (Å²) in [6, 6.07) is 15.9. The molecule has 0 saturated heterocycles. The van der Waals surface area contributed by atoms with Gasteiger partial charge < -0.3 is 10.2 Å². The average Bonchev–Trinajstić information content (AvgIpc) is 2.82. The molecule has 0 saturated carbocycles. The number of sulfonamides is 1. The molecule has 3 aromatic carbocycles. The number of benzene rings is 3. The lowest BCUT2D eigenvalue weighted by atomic mass is 10.1. The Morgan fingerprint density at radius 1 is 1.00 bits per heavy atom. The van der Waals surface area contributed by atoms with Crippen LogP contribution in [0.25, 0.3) is 0 Å². The molecule has 0 aromatic heterocycles. The molecule has 0 fully saturated rings. The van der Waals surface area contributed by atoms with Crippen LogP contribution in [0.2, 0.25) is 0 Å². The molecule has 11 heteroatoms. The van der Waals surface area contributed by atoms with E-state index in [1.54, 1.807) is 6.07 Å². The number of nitro benzene ring substituents is 1. The molecular weight excluding hydrogens is 472 g/mol. The first-order valence-electron chi connectivity index (χ1n) is 10.5. The molecule has 0 aliphatic rings. The van der Waals surface area contributed by atoms with E-state index in [0.29, 0.717) is 5.69 Å². The van der Waals surface area contributed by atoms with E-state index < -0.39 is 20.9 Å². The third kappa shape index (κ3) is 6.21. The van der Waals surface area contributed by atoms with Gasteiger partial charge in [0.2, 0.25) is 5.91 Å². The van der Waals surface area contributed by atoms with Crippen LogP contribution in [0.1, 0.15) is 21.5 Å². The van der Waals surface area contributed by atoms with Crippen molar-refractivity contribution in [2.75, 3.05) is 23.6 Å². The Hall–Kier alpha value is -4.25. The second kappa shape index (κ2) is 10.3. The fourth-order valence-electron chi connectivity index (χ4n) is 3.24. The molecule has 0 spiro atoms. The number of nitrogens with one attached hydrogen (secondary N) is 2. The van der Waals surface area contributed by atoms with Crippen molar-refractivity contribution in [3.8, 4) is 0 Å². The quantitative estimate of drug-likeness (QED) is 0.360. The predicted octanol–water partition coefficient (Wildman–Crippen LogP) is 3.72. The Morgan fingerprint density at radius 3 is 2.31 bits per heavy atom. The second-order valence-electron chi connectivity index (χ2n) is 7.89. The summed E-state index contributed by atoms with van der Waals surface area (Å²) in [5.74, 6) is -0.773. The lowest BCUT2D eigenvalue weighted by Crippen LogP contribution is -2.35. The Morgan fingerprint density at radius 2 is 1.66 bits per heavy atom. The summed E-state index contributed by atoms with van der Waals surface area (Å²) in [6.45, 7) is 3.66. The molecule has 0 bridgehead atoms. The van der Waals surface area contributed by atoms with E-state index in [1.165, 1.54) is 54.4 Å². The minimum atomic E-state index is -4.07. The topological polar surface area (TPSA) is 139 Å². The number of hydrogen-bond donors (Lipinski definition) is 2. The molecular formula is C24H24N4O6S. The monoisotopic (exact) mass is 496 g/mol. The number of nitrogens with zero attached hydrogens (tertiary/aromatic N) is 2. The van der Waals surface area contributed by atoms with E-state index in [0.717, 1.165) is 17.2 Å². The number of carbonyl (C=O) groups excluding carboxylic acids is 2. The van der Waals surface area contributed by atoms with Crippen molar-refractivity contribution in [1.29, 1.82) is 0 Å². The minimum Gasteiger partial charge on any atom is -0.332 e. The van der Waals surface area contributed by atoms with Gasteiger partial charge in [-0.25, -0.2) is 8.42 Å². The molecule has 10 nitrogen and oxygen atoms in total. The van der Waals surface area contributed by atoms with Crippen molar-refractivity contribution < 1.29 is 22.9 Å². The van der Waals surface area contributed by atoms with E-state index in [-0.39, 0.29) is 34.3 Å². The number of nitro groups is 1. The third-order valence-electron chi connectivity index (χ3n) is 5.33. The highest BCUT2D eigenvalue weighted by Crippen LogP contribution is 2.21. The minimum absolute atomic E-state index is 0.170. The van der Waals surface area contributed by atoms with Crippen molar-refractivity contribution in [1.82, 2.24) is 4.90 Å². The van der Waals surface area contributed by atoms with Crippen LogP contribution in [0.4, 0.5) is 17.1 Å². The highest BCUT2D eigenvalue weighted by atomic mass is 32.2. The molecule has 2 amide bonds. The largest absolute Gasteiger partial charge is 0.332 e. The van der Waals surface area contributed by atoms with Crippen LogP contribution < -0.4 is 10.0 Å². The summed E-state index contributed by atoms with van der Waals surface area (Å²) in [5, 5.41) is 13.7. The van der Waals surface area contributed by atoms with Gasteiger partial charge in [-0.15, -0.1) is 0 Å². The molecule has 35 heavy (non-hydrogen) atoms. The van der Waals surface area contributed by atoms with Crippen molar-refractivity contribution >= 4 is 38.9 Å². The summed E-state index contributed by atoms with van der Waals surface area (Å²) < 4.78 is 27.5. The number of rotatable bonds is 8. The Labute approximate surface area is 202 Å². The molecule has 0 aliphatic carbocycles. The van der Waals surface area contributed by atoms with E-state index in [4.69, 9.17) is 0 Å². The molecule has 3 rings (SSSR count). The lowest BCUT2D eigenvalue weighted by molar-refractivity contribution is -0.385. The lowest BCUT2D eigenvalue weighted by Gasteiger charge is -2.18. The standard InChI is InChI=1S/C24H24N4O6S/c1-16-6-4-9-22(17(16)2)25-23(29)15-27(3)24(30)18-10-12-19(13-11-18)26-35(33,34)21-8-5-7-20(14-21)28(31)32/h4-14,26H,15H2,1-3H3,(H,25,29). The van der Waals surface area contributed by atoms with E-state index >= 15 is 0 Å². The van der Waals surface area contributed by atoms with Crippen LogP contribution in [-0.4, -0.2) is 43.6 Å². The first kappa shape index (κ1) is 25.4. The first-order chi connectivity index (χ1) is 16.5. The smallest absolute Gasteiger partial charge is 0.270 e. The predicted molar refractivity (Wildman–Crippen MR) is 132 cm³/mol. The zero-order valence-corrected chi connectivity index (χ0v) is 20.1. The number of amides is 2. The van der Waals surface area contributed by atoms with Gasteiger partial charge in [-0.1, -0.05) is 18.2 Å². The van der Waals surface area contributed by atoms with Gasteiger partial charge in [0.15, 0.2) is 0 Å². The number of likely N-dealkylation sites (N-methyl/N-ethyl adjacent to an activating group) is 1. The van der Waals surface area contributed by atoms with Gasteiger partial charge in [0, 0.05) is 36.1 Å². The maximum Gasteiger partial charge on any atom is 0.270 e. The molecule has 2 N–H and O–H groups in total. The number of anilines is 2. The maximum atomic E-state index is 12.7. The van der Waals surface area contributed by atoms with Gasteiger partial charge in [-0.2, -0.15) is 0 Å². The molecule has 182 valence electrons. The Kier molecular flexibility index (Phi) is 7.50. The number of hydrogen-bond acceptors (Lipinski definition) is 6. The number of carbonyl (C=O) groups is 2. The molecule has 3 aromatic rings. The third-order valence-corrected chi connectivity index (χ3v) is 6.71. The van der Waals surface area contributed by atoms with Crippen LogP contribution in [0, 0.1) is 24.0 Å². The van der Waals surface area contributed by atoms with Gasteiger partial charge in [0.05, 0.1) is 16.4 Å². The highest BCUT2D eigenvalue weighted by Gasteiger charge is 2.19. The molecule has 0 atom stereocenters. The second-order valence-corrected chi connectivity index (χ2v) is 9.58. The van der Waals surface area contributed by atoms with Crippen LogP contribution >= 0.6 is 0 Å². The van der Waals surface area contributed by atoms with Crippen molar-refractivity contribution in [3.05, 3.63) is 93.5 Å². The molecule has 0 radical (unpaired) electrons. The maximum absolute atomic E-state index is 12.7. The van der Waals surface area contributed by atoms with E-state index in [9.17, 15) is 28.1 Å². The van der Waals surface area contributed by atoms with Crippen LogP contribution in [0.5, 0.6) is 0 Å². The van der Waals surface area contributed by atoms with Gasteiger partial charge in [0.1, 0.15) is 0 Å². The fourth-order valence-corrected chi connectivity index (χ4v) is 4.34. The van der Waals surface area contributed by atoms with Crippen molar-refractivity contribution in [2.24, 2.45) is 0 Å². The van der Waals surface area contributed by atoms with E-state index in [2.05, 4.69) is 10.0 Å². The zero-order chi connectivity index (χ0) is 25.8. The van der Waals surface area contributed by atoms with Crippen LogP contribution in [0.15, 0.2) is 71.6 Å². The summed E-state index contributed by atoms with van der Waals surface area (Å²) >= 11 is 0. The zero-order valence-electron chi connectivity index (χ0n) is 19.3. The van der Waals surface area contributed by atoms with Gasteiger partial charge in [0.25, 0.3) is 21.6 Å². The number of non-ortho nitro benzene ring substituents is 1. The van der Waals surface area contributed by atoms with E-state index in [1.807, 2.05) is 26.0 Å². The highest BCUT2D eigenvalue weighted by molar-refractivity contribution is 7.92. The van der Waals surface area contributed by atoms with Crippen molar-refractivity contribution in [2.45, 2.75) is 18.7 Å². The summed E-state index contributed by atoms with van der Waals surface area (Å²) in [4.78, 5) is 36.3. The summed E-state index contributed by atoms with van der Waals surface area (Å²) in [7, 11) is -2.58. The van der Waals surface area contributed by atoms with Gasteiger partial charge >= 0.3 is 0 Å². The van der Waals surface area contributed by atoms with Gasteiger partial charge in [-0.3, -0.25) is 24.4 Å². The average molecular weight is 497 g/mol. The Balaban J connectivity index is 1.65. The van der Waals surface area contributed by atoms with Crippen LogP contribution in [-0.2, 0) is 14.8 Å². The molecule has 0 aliphatic heterocycles. The Bertz CT molecular complexity index is 1390. The fraction of sp³-hybridized carbons (Fsp3) is 0.167. The first-order valence-corrected chi connectivity index (χ1v) is 11.9. The number of aryl methyl sites for hydroxylation is 1. The van der Waals surface area contributed by atoms with Gasteiger partial charge in [-0.05, 0) is 61.4 Å². The molecule has 0 unspecified atom stereocenters. The SMILES string of the molecule is Cc1cccc(NC(=O)CN(C)C(=O)c2ccc(NS(=O)(=O)c3cccc([N+](=O)[O-])c3)cc2)c1C. The summed E-state index contributed by atoms with van der Waals surface area (Å²) in [5.41, 5.74) is 2.73. The van der Waals surface area contributed by atoms with Crippen molar-refractivity contribution in [3.63, 3.8) is 0 Å². The normalized spacial score (nSPS) is 10.9. The molecule has 0 heterocycles. The summed E-state index contributed by atoms with van der Waals surface area (Å²) in [6.07, 6.45) is 0.